The van der Waals surface area contributed by atoms with E-state index in [0.29, 0.717) is 12.0 Å². The van der Waals surface area contributed by atoms with Crippen LogP contribution in [-0.4, -0.2) is 23.7 Å². The molecule has 0 bridgehead atoms. The van der Waals surface area contributed by atoms with E-state index >= 15 is 0 Å². The number of carbonyl (C=O) groups is 1. The van der Waals surface area contributed by atoms with E-state index in [1.54, 1.807) is 0 Å². The number of benzene rings is 1. The van der Waals surface area contributed by atoms with Crippen LogP contribution in [0, 0.1) is 5.41 Å². The summed E-state index contributed by atoms with van der Waals surface area (Å²) in [5.74, 6) is -0.117. The fourth-order valence-electron chi connectivity index (χ4n) is 2.42. The molecule has 0 aliphatic carbocycles. The number of amides is 1. The first-order valence-electron chi connectivity index (χ1n) is 7.56. The Morgan fingerprint density at radius 1 is 1.14 bits per heavy atom. The Balaban J connectivity index is 2.73. The van der Waals surface area contributed by atoms with Gasteiger partial charge in [-0.25, -0.2) is 0 Å². The maximum Gasteiger partial charge on any atom is 0.251 e. The van der Waals surface area contributed by atoms with E-state index in [1.165, 1.54) is 0 Å². The van der Waals surface area contributed by atoms with Gasteiger partial charge in [0.2, 0.25) is 0 Å². The Kier molecular flexibility index (Phi) is 5.57. The summed E-state index contributed by atoms with van der Waals surface area (Å²) in [6.45, 7) is 12.8. The van der Waals surface area contributed by atoms with Gasteiger partial charge in [0.15, 0.2) is 0 Å². The maximum atomic E-state index is 12.4. The second-order valence-electron chi connectivity index (χ2n) is 7.92. The molecule has 1 unspecified atom stereocenters. The first-order valence-corrected chi connectivity index (χ1v) is 7.56. The molecule has 0 aromatic heterocycles. The fourth-order valence-corrected chi connectivity index (χ4v) is 2.42. The quantitative estimate of drug-likeness (QED) is 0.892. The number of carbonyl (C=O) groups excluding carboxylic acids is 1. The molecule has 118 valence electrons. The smallest absolute Gasteiger partial charge is 0.251 e. The lowest BCUT2D eigenvalue weighted by Gasteiger charge is -2.24. The van der Waals surface area contributed by atoms with Gasteiger partial charge in [0.25, 0.3) is 5.91 Å². The highest BCUT2D eigenvalue weighted by atomic mass is 16.3. The highest BCUT2D eigenvalue weighted by Crippen LogP contribution is 2.25. The Morgan fingerprint density at radius 3 is 2.24 bits per heavy atom. The molecule has 3 nitrogen and oxygen atoms in total. The summed E-state index contributed by atoms with van der Waals surface area (Å²) in [5, 5.41) is 12.8. The third-order valence-corrected chi connectivity index (χ3v) is 3.33. The minimum absolute atomic E-state index is 0.0491. The highest BCUT2D eigenvalue weighted by molar-refractivity contribution is 5.96. The van der Waals surface area contributed by atoms with Crippen molar-refractivity contribution in [2.45, 2.75) is 59.5 Å². The van der Waals surface area contributed by atoms with Crippen LogP contribution < -0.4 is 5.32 Å². The Morgan fingerprint density at radius 2 is 1.71 bits per heavy atom. The van der Waals surface area contributed by atoms with E-state index in [9.17, 15) is 9.90 Å². The van der Waals surface area contributed by atoms with Gasteiger partial charge in [-0.1, -0.05) is 59.7 Å². The lowest BCUT2D eigenvalue weighted by molar-refractivity contribution is 0.0866. The van der Waals surface area contributed by atoms with Crippen LogP contribution in [0.3, 0.4) is 0 Å². The molecule has 21 heavy (non-hydrogen) atoms. The van der Waals surface area contributed by atoms with Crippen molar-refractivity contribution in [3.05, 3.63) is 35.4 Å². The molecule has 0 spiro atoms. The summed E-state index contributed by atoms with van der Waals surface area (Å²) in [5.41, 5.74) is 1.67. The van der Waals surface area contributed by atoms with Gasteiger partial charge in [-0.05, 0) is 28.9 Å². The minimum Gasteiger partial charge on any atom is -0.391 e. The van der Waals surface area contributed by atoms with Crippen LogP contribution >= 0.6 is 0 Å². The zero-order valence-electron chi connectivity index (χ0n) is 14.2. The van der Waals surface area contributed by atoms with Crippen molar-refractivity contribution in [2.75, 3.05) is 6.54 Å². The molecule has 2 N–H and O–H groups in total. The van der Waals surface area contributed by atoms with Gasteiger partial charge in [0.1, 0.15) is 0 Å². The number of aliphatic hydroxyl groups excluding tert-OH is 1. The van der Waals surface area contributed by atoms with Gasteiger partial charge in [-0.3, -0.25) is 4.79 Å². The topological polar surface area (TPSA) is 49.3 Å². The van der Waals surface area contributed by atoms with E-state index in [2.05, 4.69) is 46.9 Å². The molecule has 0 saturated heterocycles. The molecule has 3 heteroatoms. The van der Waals surface area contributed by atoms with Gasteiger partial charge < -0.3 is 10.4 Å². The standard InChI is InChI=1S/C18H29NO2/c1-17(2,3)11-13(20)12-19-16(21)14-9-7-8-10-15(14)18(4,5)6/h7-10,13,20H,11-12H2,1-6H3,(H,19,21). The third kappa shape index (κ3) is 5.88. The van der Waals surface area contributed by atoms with Gasteiger partial charge in [0.05, 0.1) is 6.10 Å². The van der Waals surface area contributed by atoms with Crippen LogP contribution in [0.1, 0.15) is 63.9 Å². The Hall–Kier alpha value is -1.35. The van der Waals surface area contributed by atoms with Crippen molar-refractivity contribution < 1.29 is 9.90 Å². The molecule has 0 aliphatic heterocycles. The molecule has 1 rings (SSSR count). The average Bonchev–Trinajstić information content (AvgIpc) is 2.33. The van der Waals surface area contributed by atoms with Gasteiger partial charge in [-0.15, -0.1) is 0 Å². The highest BCUT2D eigenvalue weighted by Gasteiger charge is 2.22. The molecule has 0 aliphatic rings. The lowest BCUT2D eigenvalue weighted by atomic mass is 9.83. The van der Waals surface area contributed by atoms with E-state index in [4.69, 9.17) is 0 Å². The molecule has 1 atom stereocenters. The average molecular weight is 291 g/mol. The van der Waals surface area contributed by atoms with Crippen LogP contribution in [0.5, 0.6) is 0 Å². The number of hydrogen-bond acceptors (Lipinski definition) is 2. The van der Waals surface area contributed by atoms with Crippen molar-refractivity contribution in [1.82, 2.24) is 5.32 Å². The zero-order chi connectivity index (χ0) is 16.3. The van der Waals surface area contributed by atoms with Gasteiger partial charge in [0, 0.05) is 12.1 Å². The third-order valence-electron chi connectivity index (χ3n) is 3.33. The number of nitrogens with one attached hydrogen (secondary N) is 1. The molecule has 1 aromatic carbocycles. The SMILES string of the molecule is CC(C)(C)CC(O)CNC(=O)c1ccccc1C(C)(C)C. The molecular weight excluding hydrogens is 262 g/mol. The van der Waals surface area contributed by atoms with E-state index in [0.717, 1.165) is 5.56 Å². The van der Waals surface area contributed by atoms with Crippen LogP contribution in [0.25, 0.3) is 0 Å². The van der Waals surface area contributed by atoms with Crippen LogP contribution in [-0.2, 0) is 5.41 Å². The summed E-state index contributed by atoms with van der Waals surface area (Å²) >= 11 is 0. The molecule has 0 saturated carbocycles. The molecule has 0 fully saturated rings. The normalized spacial score (nSPS) is 13.9. The number of hydrogen-bond donors (Lipinski definition) is 2. The molecule has 1 amide bonds. The summed E-state index contributed by atoms with van der Waals surface area (Å²) < 4.78 is 0. The number of rotatable bonds is 4. The van der Waals surface area contributed by atoms with Gasteiger partial charge in [-0.2, -0.15) is 0 Å². The summed E-state index contributed by atoms with van der Waals surface area (Å²) in [6.07, 6.45) is 0.143. The van der Waals surface area contributed by atoms with E-state index in [-0.39, 0.29) is 23.3 Å². The maximum absolute atomic E-state index is 12.4. The molecular formula is C18H29NO2. The molecule has 1 aromatic rings. The molecule has 0 heterocycles. The Bertz CT molecular complexity index is 481. The predicted octanol–water partition coefficient (Wildman–Crippen LogP) is 3.51. The predicted molar refractivity (Wildman–Crippen MR) is 87.6 cm³/mol. The first kappa shape index (κ1) is 17.7. The second-order valence-corrected chi connectivity index (χ2v) is 7.92. The monoisotopic (exact) mass is 291 g/mol. The summed E-state index contributed by atoms with van der Waals surface area (Å²) in [6, 6.07) is 7.65. The second kappa shape index (κ2) is 6.61. The number of aliphatic hydroxyl groups is 1. The first-order chi connectivity index (χ1) is 9.50. The Labute approximate surface area is 128 Å². The molecule has 0 radical (unpaired) electrons. The summed E-state index contributed by atoms with van der Waals surface area (Å²) in [4.78, 5) is 12.4. The van der Waals surface area contributed by atoms with E-state index < -0.39 is 6.10 Å². The van der Waals surface area contributed by atoms with Crippen molar-refractivity contribution in [3.63, 3.8) is 0 Å². The van der Waals surface area contributed by atoms with Gasteiger partial charge >= 0.3 is 0 Å². The largest absolute Gasteiger partial charge is 0.391 e. The van der Waals surface area contributed by atoms with Crippen molar-refractivity contribution >= 4 is 5.91 Å². The fraction of sp³-hybridized carbons (Fsp3) is 0.611. The minimum atomic E-state index is -0.518. The van der Waals surface area contributed by atoms with Crippen LogP contribution in [0.2, 0.25) is 0 Å². The lowest BCUT2D eigenvalue weighted by Crippen LogP contribution is -2.35. The summed E-state index contributed by atoms with van der Waals surface area (Å²) in [7, 11) is 0. The van der Waals surface area contributed by atoms with E-state index in [1.807, 2.05) is 24.3 Å². The van der Waals surface area contributed by atoms with Crippen molar-refractivity contribution in [3.8, 4) is 0 Å². The van der Waals surface area contributed by atoms with Crippen LogP contribution in [0.4, 0.5) is 0 Å². The van der Waals surface area contributed by atoms with Crippen molar-refractivity contribution in [1.29, 1.82) is 0 Å². The van der Waals surface area contributed by atoms with Crippen LogP contribution in [0.15, 0.2) is 24.3 Å². The zero-order valence-corrected chi connectivity index (χ0v) is 14.2. The van der Waals surface area contributed by atoms with Crippen molar-refractivity contribution in [2.24, 2.45) is 5.41 Å².